The molecule has 0 fully saturated rings. The fourth-order valence-electron chi connectivity index (χ4n) is 1.75. The molecule has 0 bridgehead atoms. The van der Waals surface area contributed by atoms with Gasteiger partial charge in [0.15, 0.2) is 0 Å². The first kappa shape index (κ1) is 18.1. The van der Waals surface area contributed by atoms with E-state index in [-0.39, 0.29) is 22.9 Å². The van der Waals surface area contributed by atoms with Gasteiger partial charge < -0.3 is 34.6 Å². The van der Waals surface area contributed by atoms with E-state index in [2.05, 4.69) is 43.9 Å². The molecular formula is C16H22FeOSi-6. The molecule has 0 heterocycles. The summed E-state index contributed by atoms with van der Waals surface area (Å²) in [6, 6.07) is 17.3. The maximum absolute atomic E-state index is 10.5. The third kappa shape index (κ3) is 7.99. The quantitative estimate of drug-likeness (QED) is 0.465. The largest absolute Gasteiger partial charge is 0.748 e. The minimum absolute atomic E-state index is 0. The van der Waals surface area contributed by atoms with E-state index in [4.69, 9.17) is 0 Å². The van der Waals surface area contributed by atoms with Gasteiger partial charge >= 0.3 is 0 Å². The SMILES string of the molecule is CC(=O)[c-]1cccc1.C[Si](C)(C)C[c-]1[cH-][cH-][cH-][cH-]1.[Fe]. The third-order valence-corrected chi connectivity index (χ3v) is 4.00. The Bertz CT molecular complexity index is 449. The first-order valence-corrected chi connectivity index (χ1v) is 10.0. The zero-order valence-corrected chi connectivity index (χ0v) is 14.2. The molecule has 110 valence electrons. The van der Waals surface area contributed by atoms with Gasteiger partial charge in [0, 0.05) is 25.1 Å². The summed E-state index contributed by atoms with van der Waals surface area (Å²) < 4.78 is 0. The smallest absolute Gasteiger partial charge is 0.105 e. The number of ketones is 1. The topological polar surface area (TPSA) is 17.1 Å². The summed E-state index contributed by atoms with van der Waals surface area (Å²) in [5.74, 6) is 0.134. The molecule has 0 spiro atoms. The summed E-state index contributed by atoms with van der Waals surface area (Å²) in [6.07, 6.45) is 0. The number of Topliss-reactive ketones (excluding diaryl/α,β-unsaturated/α-hetero) is 1. The monoisotopic (exact) mass is 314 g/mol. The van der Waals surface area contributed by atoms with Crippen molar-refractivity contribution in [3.63, 3.8) is 0 Å². The predicted molar refractivity (Wildman–Crippen MR) is 81.1 cm³/mol. The van der Waals surface area contributed by atoms with Crippen LogP contribution >= 0.6 is 0 Å². The number of carbonyl (C=O) groups is 1. The molecule has 2 rings (SSSR count). The number of carbonyl (C=O) groups excluding carboxylic acids is 1. The summed E-state index contributed by atoms with van der Waals surface area (Å²) in [5, 5.41) is 0. The molecule has 1 nitrogen and oxygen atoms in total. The van der Waals surface area contributed by atoms with E-state index in [9.17, 15) is 4.79 Å². The fraction of sp³-hybridized carbons (Fsp3) is 0.312. The molecule has 0 saturated heterocycles. The standard InChI is InChI=1S/C9H15Si.C7H7O.Fe/c1-10(2,3)8-9-6-4-5-7-9;1-6(8)7-4-2-3-5-7;/h4-7H,8H2,1-3H3;2-5H,1H3;/q-5;-1;. The van der Waals surface area contributed by atoms with Crippen LogP contribution in [0.2, 0.25) is 19.6 Å². The molecular weight excluding hydrogens is 292 g/mol. The average Bonchev–Trinajstić information content (AvgIpc) is 2.85. The van der Waals surface area contributed by atoms with Crippen LogP contribution in [0.3, 0.4) is 0 Å². The molecule has 0 aromatic heterocycles. The van der Waals surface area contributed by atoms with Crippen LogP contribution in [0.4, 0.5) is 0 Å². The van der Waals surface area contributed by atoms with E-state index < -0.39 is 8.07 Å². The van der Waals surface area contributed by atoms with E-state index in [1.807, 2.05) is 24.3 Å². The van der Waals surface area contributed by atoms with Gasteiger partial charge in [-0.3, -0.25) is 0 Å². The van der Waals surface area contributed by atoms with Crippen LogP contribution in [-0.2, 0) is 23.1 Å². The zero-order valence-electron chi connectivity index (χ0n) is 12.1. The van der Waals surface area contributed by atoms with Crippen molar-refractivity contribution in [3.8, 4) is 0 Å². The maximum atomic E-state index is 10.5. The Labute approximate surface area is 128 Å². The van der Waals surface area contributed by atoms with E-state index in [0.717, 1.165) is 5.56 Å². The zero-order chi connectivity index (χ0) is 13.6. The van der Waals surface area contributed by atoms with Crippen molar-refractivity contribution in [1.82, 2.24) is 0 Å². The molecule has 2 aromatic carbocycles. The van der Waals surface area contributed by atoms with Crippen LogP contribution in [0.25, 0.3) is 0 Å². The Hall–Kier alpha value is -0.894. The summed E-state index contributed by atoms with van der Waals surface area (Å²) in [4.78, 5) is 10.5. The van der Waals surface area contributed by atoms with Gasteiger partial charge in [0.25, 0.3) is 0 Å². The van der Waals surface area contributed by atoms with E-state index in [1.165, 1.54) is 11.6 Å². The van der Waals surface area contributed by atoms with E-state index in [1.54, 1.807) is 6.92 Å². The summed E-state index contributed by atoms with van der Waals surface area (Å²) in [7, 11) is -0.862. The molecule has 2 aromatic rings. The average molecular weight is 314 g/mol. The van der Waals surface area contributed by atoms with Crippen LogP contribution in [0, 0.1) is 0 Å². The van der Waals surface area contributed by atoms with Gasteiger partial charge in [0.2, 0.25) is 0 Å². The van der Waals surface area contributed by atoms with E-state index >= 15 is 0 Å². The fourth-order valence-corrected chi connectivity index (χ4v) is 3.21. The second-order valence-electron chi connectivity index (χ2n) is 5.76. The molecule has 0 aliphatic rings. The third-order valence-electron chi connectivity index (χ3n) is 2.54. The molecule has 0 aliphatic carbocycles. The Morgan fingerprint density at radius 2 is 1.58 bits per heavy atom. The minimum Gasteiger partial charge on any atom is -0.748 e. The summed E-state index contributed by atoms with van der Waals surface area (Å²) >= 11 is 0. The first-order chi connectivity index (χ1) is 8.38. The Kier molecular flexibility index (Phi) is 7.92. The van der Waals surface area contributed by atoms with Crippen molar-refractivity contribution in [1.29, 1.82) is 0 Å². The Balaban J connectivity index is 0.000000331. The second-order valence-corrected chi connectivity index (χ2v) is 11.2. The van der Waals surface area contributed by atoms with Gasteiger partial charge in [0.05, 0.1) is 0 Å². The van der Waals surface area contributed by atoms with Gasteiger partial charge in [-0.05, 0) is 6.92 Å². The van der Waals surface area contributed by atoms with Gasteiger partial charge in [0.1, 0.15) is 5.78 Å². The van der Waals surface area contributed by atoms with Gasteiger partial charge in [-0.25, -0.2) is 18.2 Å². The van der Waals surface area contributed by atoms with Crippen molar-refractivity contribution >= 4 is 13.9 Å². The van der Waals surface area contributed by atoms with Crippen molar-refractivity contribution in [2.75, 3.05) is 0 Å². The van der Waals surface area contributed by atoms with Gasteiger partial charge in [-0.1, -0.05) is 25.2 Å². The Morgan fingerprint density at radius 3 is 1.89 bits per heavy atom. The van der Waals surface area contributed by atoms with Crippen molar-refractivity contribution < 1.29 is 21.9 Å². The maximum Gasteiger partial charge on any atom is 0.105 e. The summed E-state index contributed by atoms with van der Waals surface area (Å²) in [6.45, 7) is 8.77. The minimum atomic E-state index is -0.862. The van der Waals surface area contributed by atoms with Gasteiger partial charge in [-0.15, -0.1) is 0 Å². The van der Waals surface area contributed by atoms with Crippen LogP contribution in [-0.4, -0.2) is 13.9 Å². The first-order valence-electron chi connectivity index (χ1n) is 6.32. The molecule has 0 amide bonds. The van der Waals surface area contributed by atoms with Crippen LogP contribution in [0.15, 0.2) is 48.5 Å². The van der Waals surface area contributed by atoms with Crippen molar-refractivity contribution in [2.45, 2.75) is 32.6 Å². The predicted octanol–water partition coefficient (Wildman–Crippen LogP) is 4.43. The molecule has 0 radical (unpaired) electrons. The normalized spacial score (nSPS) is 10.1. The molecule has 0 N–H and O–H groups in total. The van der Waals surface area contributed by atoms with Crippen molar-refractivity contribution in [3.05, 3.63) is 59.7 Å². The molecule has 0 saturated carbocycles. The Morgan fingerprint density at radius 1 is 1.11 bits per heavy atom. The van der Waals surface area contributed by atoms with Gasteiger partial charge in [-0.2, -0.15) is 12.1 Å². The van der Waals surface area contributed by atoms with Crippen LogP contribution < -0.4 is 0 Å². The molecule has 0 unspecified atom stereocenters. The summed E-state index contributed by atoms with van der Waals surface area (Å²) in [5.41, 5.74) is 2.31. The number of hydrogen-bond donors (Lipinski definition) is 0. The molecule has 3 heteroatoms. The van der Waals surface area contributed by atoms with Crippen LogP contribution in [0.5, 0.6) is 0 Å². The molecule has 0 atom stereocenters. The number of rotatable bonds is 3. The van der Waals surface area contributed by atoms with E-state index in [0.29, 0.717) is 0 Å². The number of hydrogen-bond acceptors (Lipinski definition) is 1. The molecule has 19 heavy (non-hydrogen) atoms. The second kappa shape index (κ2) is 8.31. The van der Waals surface area contributed by atoms with Crippen LogP contribution in [0.1, 0.15) is 22.8 Å². The van der Waals surface area contributed by atoms with Crippen molar-refractivity contribution in [2.24, 2.45) is 0 Å². The molecule has 0 aliphatic heterocycles.